The van der Waals surface area contributed by atoms with Crippen LogP contribution in [-0.2, 0) is 6.54 Å². The Labute approximate surface area is 159 Å². The minimum atomic E-state index is -0.306. The van der Waals surface area contributed by atoms with Gasteiger partial charge in [0.25, 0.3) is 5.91 Å². The molecule has 0 spiro atoms. The van der Waals surface area contributed by atoms with Crippen LogP contribution in [0.15, 0.2) is 46.9 Å². The number of amides is 1. The molecule has 3 aromatic rings. The van der Waals surface area contributed by atoms with E-state index in [0.717, 1.165) is 26.5 Å². The van der Waals surface area contributed by atoms with Crippen LogP contribution in [0.3, 0.4) is 0 Å². The van der Waals surface area contributed by atoms with Crippen molar-refractivity contribution in [3.05, 3.63) is 69.4 Å². The van der Waals surface area contributed by atoms with Gasteiger partial charge in [-0.1, -0.05) is 34.1 Å². The van der Waals surface area contributed by atoms with Gasteiger partial charge in [-0.2, -0.15) is 0 Å². The molecule has 0 radical (unpaired) electrons. The third-order valence-corrected chi connectivity index (χ3v) is 4.54. The molecule has 4 nitrogen and oxygen atoms in total. The number of benzene rings is 2. The van der Waals surface area contributed by atoms with E-state index in [1.165, 1.54) is 12.1 Å². The highest BCUT2D eigenvalue weighted by Gasteiger charge is 2.20. The topological polar surface area (TPSA) is 51.2 Å². The smallest absolute Gasteiger partial charge is 0.257 e. The predicted molar refractivity (Wildman–Crippen MR) is 103 cm³/mol. The van der Waals surface area contributed by atoms with Crippen molar-refractivity contribution in [1.82, 2.24) is 10.3 Å². The van der Waals surface area contributed by atoms with Gasteiger partial charge in [-0.15, -0.1) is 0 Å². The Bertz CT molecular complexity index is 958. The maximum atomic E-state index is 13.0. The zero-order valence-electron chi connectivity index (χ0n) is 14.5. The quantitative estimate of drug-likeness (QED) is 0.651. The summed E-state index contributed by atoms with van der Waals surface area (Å²) in [4.78, 5) is 17.3. The SMILES string of the molecule is CCOc1nc2cc(Br)ccc2c(C)c1C(=O)NCc1ccc(F)cc1. The van der Waals surface area contributed by atoms with Crippen LogP contribution < -0.4 is 10.1 Å². The number of hydrogen-bond acceptors (Lipinski definition) is 3. The second kappa shape index (κ2) is 7.83. The monoisotopic (exact) mass is 416 g/mol. The molecule has 0 unspecified atom stereocenters. The van der Waals surface area contributed by atoms with Crippen LogP contribution >= 0.6 is 15.9 Å². The zero-order chi connectivity index (χ0) is 18.7. The van der Waals surface area contributed by atoms with E-state index in [1.54, 1.807) is 12.1 Å². The molecule has 0 aliphatic heterocycles. The fraction of sp³-hybridized carbons (Fsp3) is 0.200. The summed E-state index contributed by atoms with van der Waals surface area (Å²) in [6, 6.07) is 11.8. The van der Waals surface area contributed by atoms with Crippen LogP contribution in [0.1, 0.15) is 28.4 Å². The minimum Gasteiger partial charge on any atom is -0.477 e. The molecular formula is C20H18BrFN2O2. The molecule has 0 aliphatic carbocycles. The fourth-order valence-electron chi connectivity index (χ4n) is 2.76. The Morgan fingerprint density at radius 1 is 1.23 bits per heavy atom. The molecule has 1 N–H and O–H groups in total. The average Bonchev–Trinajstić information content (AvgIpc) is 2.61. The number of rotatable bonds is 5. The van der Waals surface area contributed by atoms with Crippen LogP contribution in [-0.4, -0.2) is 17.5 Å². The van der Waals surface area contributed by atoms with E-state index in [0.29, 0.717) is 24.6 Å². The molecule has 3 rings (SSSR count). The third-order valence-electron chi connectivity index (χ3n) is 4.05. The summed E-state index contributed by atoms with van der Waals surface area (Å²) < 4.78 is 19.5. The third kappa shape index (κ3) is 3.85. The normalized spacial score (nSPS) is 10.8. The number of nitrogens with zero attached hydrogens (tertiary/aromatic N) is 1. The van der Waals surface area contributed by atoms with E-state index in [1.807, 2.05) is 32.0 Å². The number of ether oxygens (including phenoxy) is 1. The van der Waals surface area contributed by atoms with Crippen molar-refractivity contribution in [2.75, 3.05) is 6.61 Å². The summed E-state index contributed by atoms with van der Waals surface area (Å²) in [5.41, 5.74) is 2.80. The highest BCUT2D eigenvalue weighted by molar-refractivity contribution is 9.10. The Morgan fingerprint density at radius 2 is 1.96 bits per heavy atom. The maximum Gasteiger partial charge on any atom is 0.257 e. The summed E-state index contributed by atoms with van der Waals surface area (Å²) >= 11 is 3.44. The lowest BCUT2D eigenvalue weighted by molar-refractivity contribution is 0.0946. The summed E-state index contributed by atoms with van der Waals surface area (Å²) in [6.45, 7) is 4.43. The molecule has 0 saturated carbocycles. The standard InChI is InChI=1S/C20H18BrFN2O2/c1-3-26-20-18(12(2)16-9-6-14(21)10-17(16)24-20)19(25)23-11-13-4-7-15(22)8-5-13/h4-10H,3,11H2,1-2H3,(H,23,25). The Balaban J connectivity index is 1.94. The molecule has 0 atom stereocenters. The highest BCUT2D eigenvalue weighted by atomic mass is 79.9. The number of aromatic nitrogens is 1. The first kappa shape index (κ1) is 18.3. The van der Waals surface area contributed by atoms with Crippen LogP contribution in [0.25, 0.3) is 10.9 Å². The van der Waals surface area contributed by atoms with Gasteiger partial charge in [0.05, 0.1) is 12.1 Å². The lowest BCUT2D eigenvalue weighted by Crippen LogP contribution is -2.25. The number of fused-ring (bicyclic) bond motifs is 1. The van der Waals surface area contributed by atoms with Crippen molar-refractivity contribution in [2.45, 2.75) is 20.4 Å². The van der Waals surface area contributed by atoms with Gasteiger partial charge in [-0.25, -0.2) is 9.37 Å². The van der Waals surface area contributed by atoms with Crippen molar-refractivity contribution < 1.29 is 13.9 Å². The summed E-state index contributed by atoms with van der Waals surface area (Å²) in [5.74, 6) is -0.265. The first-order chi connectivity index (χ1) is 12.5. The van der Waals surface area contributed by atoms with Gasteiger partial charge in [0, 0.05) is 16.4 Å². The number of halogens is 2. The van der Waals surface area contributed by atoms with Gasteiger partial charge in [0.2, 0.25) is 5.88 Å². The number of hydrogen-bond donors (Lipinski definition) is 1. The van der Waals surface area contributed by atoms with E-state index >= 15 is 0 Å². The molecule has 1 aromatic heterocycles. The van der Waals surface area contributed by atoms with Gasteiger partial charge in [-0.3, -0.25) is 4.79 Å². The molecule has 0 saturated heterocycles. The molecule has 0 fully saturated rings. The summed E-state index contributed by atoms with van der Waals surface area (Å²) in [6.07, 6.45) is 0. The first-order valence-corrected chi connectivity index (χ1v) is 9.04. The molecule has 26 heavy (non-hydrogen) atoms. The van der Waals surface area contributed by atoms with Crippen molar-refractivity contribution in [3.63, 3.8) is 0 Å². The number of carbonyl (C=O) groups is 1. The molecule has 134 valence electrons. The van der Waals surface area contributed by atoms with Gasteiger partial charge in [-0.05, 0) is 49.2 Å². The number of carbonyl (C=O) groups excluding carboxylic acids is 1. The average molecular weight is 417 g/mol. The molecule has 6 heteroatoms. The summed E-state index contributed by atoms with van der Waals surface area (Å²) in [5, 5.41) is 3.75. The maximum absolute atomic E-state index is 13.0. The van der Waals surface area contributed by atoms with E-state index in [2.05, 4.69) is 26.2 Å². The lowest BCUT2D eigenvalue weighted by atomic mass is 10.0. The molecule has 2 aromatic carbocycles. The van der Waals surface area contributed by atoms with Crippen molar-refractivity contribution in [2.24, 2.45) is 0 Å². The van der Waals surface area contributed by atoms with E-state index in [-0.39, 0.29) is 11.7 Å². The Hall–Kier alpha value is -2.47. The predicted octanol–water partition coefficient (Wildman–Crippen LogP) is 4.77. The van der Waals surface area contributed by atoms with Gasteiger partial charge < -0.3 is 10.1 Å². The molecule has 1 amide bonds. The van der Waals surface area contributed by atoms with Gasteiger partial charge in [0.1, 0.15) is 11.4 Å². The molecular weight excluding hydrogens is 399 g/mol. The van der Waals surface area contributed by atoms with E-state index in [9.17, 15) is 9.18 Å². The van der Waals surface area contributed by atoms with Gasteiger partial charge >= 0.3 is 0 Å². The second-order valence-electron chi connectivity index (χ2n) is 5.82. The Morgan fingerprint density at radius 3 is 2.65 bits per heavy atom. The fourth-order valence-corrected chi connectivity index (χ4v) is 3.11. The van der Waals surface area contributed by atoms with E-state index in [4.69, 9.17) is 4.74 Å². The zero-order valence-corrected chi connectivity index (χ0v) is 16.1. The molecule has 0 bridgehead atoms. The largest absolute Gasteiger partial charge is 0.477 e. The molecule has 1 heterocycles. The van der Waals surface area contributed by atoms with Crippen LogP contribution in [0.5, 0.6) is 5.88 Å². The van der Waals surface area contributed by atoms with Crippen molar-refractivity contribution >= 4 is 32.7 Å². The number of nitrogens with one attached hydrogen (secondary N) is 1. The second-order valence-corrected chi connectivity index (χ2v) is 6.74. The highest BCUT2D eigenvalue weighted by Crippen LogP contribution is 2.29. The first-order valence-electron chi connectivity index (χ1n) is 8.25. The number of aryl methyl sites for hydroxylation is 1. The number of pyridine rings is 1. The minimum absolute atomic E-state index is 0.271. The molecule has 0 aliphatic rings. The van der Waals surface area contributed by atoms with E-state index < -0.39 is 0 Å². The van der Waals surface area contributed by atoms with Crippen LogP contribution in [0.2, 0.25) is 0 Å². The Kier molecular flexibility index (Phi) is 5.52. The van der Waals surface area contributed by atoms with Crippen molar-refractivity contribution in [3.8, 4) is 5.88 Å². The van der Waals surface area contributed by atoms with Crippen LogP contribution in [0, 0.1) is 12.7 Å². The summed E-state index contributed by atoms with van der Waals surface area (Å²) in [7, 11) is 0. The van der Waals surface area contributed by atoms with Crippen molar-refractivity contribution in [1.29, 1.82) is 0 Å². The lowest BCUT2D eigenvalue weighted by Gasteiger charge is -2.15. The van der Waals surface area contributed by atoms with Crippen LogP contribution in [0.4, 0.5) is 4.39 Å². The van der Waals surface area contributed by atoms with Gasteiger partial charge in [0.15, 0.2) is 0 Å².